The molecule has 96 valence electrons. The summed E-state index contributed by atoms with van der Waals surface area (Å²) in [6.07, 6.45) is 6.73. The molecule has 1 aromatic heterocycles. The Labute approximate surface area is 107 Å². The van der Waals surface area contributed by atoms with Crippen molar-refractivity contribution < 1.29 is 0 Å². The van der Waals surface area contributed by atoms with Gasteiger partial charge in [0.25, 0.3) is 0 Å². The van der Waals surface area contributed by atoms with E-state index in [4.69, 9.17) is 5.41 Å². The zero-order valence-electron chi connectivity index (χ0n) is 11.1. The molecule has 1 aliphatic carbocycles. The van der Waals surface area contributed by atoms with E-state index in [1.165, 1.54) is 43.4 Å². The number of rotatable bonds is 2. The molecule has 2 rings (SSSR count). The zero-order chi connectivity index (χ0) is 12.5. The number of hydrogen-bond acceptors (Lipinski definition) is 3. The highest BCUT2D eigenvalue weighted by atomic mass is 32.1. The van der Waals surface area contributed by atoms with Gasteiger partial charge in [-0.2, -0.15) is 5.10 Å². The lowest BCUT2D eigenvalue weighted by Crippen LogP contribution is -2.22. The summed E-state index contributed by atoms with van der Waals surface area (Å²) < 4.78 is 1.92. The van der Waals surface area contributed by atoms with Crippen molar-refractivity contribution >= 4 is 11.3 Å². The van der Waals surface area contributed by atoms with Gasteiger partial charge in [-0.15, -0.1) is 0 Å². The van der Waals surface area contributed by atoms with Crippen molar-refractivity contribution in [2.24, 2.45) is 5.92 Å². The van der Waals surface area contributed by atoms with Gasteiger partial charge in [-0.05, 0) is 18.8 Å². The third kappa shape index (κ3) is 3.18. The van der Waals surface area contributed by atoms with Gasteiger partial charge in [0.1, 0.15) is 5.01 Å². The van der Waals surface area contributed by atoms with E-state index in [0.29, 0.717) is 4.80 Å². The van der Waals surface area contributed by atoms with Gasteiger partial charge in [0.05, 0.1) is 0 Å². The highest BCUT2D eigenvalue weighted by Crippen LogP contribution is 2.26. The first kappa shape index (κ1) is 12.8. The topological polar surface area (TPSA) is 41.7 Å². The summed E-state index contributed by atoms with van der Waals surface area (Å²) in [5, 5.41) is 13.7. The molecule has 1 fully saturated rings. The van der Waals surface area contributed by atoms with Gasteiger partial charge in [-0.25, -0.2) is 4.68 Å². The summed E-state index contributed by atoms with van der Waals surface area (Å²) in [5.74, 6) is 0.743. The molecule has 1 heterocycles. The van der Waals surface area contributed by atoms with E-state index in [1.807, 2.05) is 4.68 Å². The molecule has 0 spiro atoms. The van der Waals surface area contributed by atoms with E-state index < -0.39 is 0 Å². The summed E-state index contributed by atoms with van der Waals surface area (Å²) in [5.41, 5.74) is 0.0677. The van der Waals surface area contributed by atoms with Crippen LogP contribution in [0.25, 0.3) is 0 Å². The molecule has 0 aliphatic heterocycles. The third-order valence-electron chi connectivity index (χ3n) is 3.44. The largest absolute Gasteiger partial charge is 0.274 e. The Morgan fingerprint density at radius 1 is 1.29 bits per heavy atom. The van der Waals surface area contributed by atoms with Gasteiger partial charge in [-0.1, -0.05) is 51.4 Å². The lowest BCUT2D eigenvalue weighted by atomic mass is 9.89. The normalized spacial score (nSPS) is 18.5. The van der Waals surface area contributed by atoms with E-state index in [9.17, 15) is 0 Å². The Hall–Kier alpha value is -0.640. The van der Waals surface area contributed by atoms with Crippen molar-refractivity contribution in [1.82, 2.24) is 9.78 Å². The third-order valence-corrected chi connectivity index (χ3v) is 4.73. The molecular formula is C13H23N3S. The van der Waals surface area contributed by atoms with Gasteiger partial charge < -0.3 is 0 Å². The van der Waals surface area contributed by atoms with Crippen LogP contribution < -0.4 is 4.80 Å². The summed E-state index contributed by atoms with van der Waals surface area (Å²) in [7, 11) is 0. The minimum atomic E-state index is 0.0677. The Bertz CT molecular complexity index is 419. The highest BCUT2D eigenvalue weighted by molar-refractivity contribution is 7.08. The van der Waals surface area contributed by atoms with Gasteiger partial charge in [0.2, 0.25) is 0 Å². The van der Waals surface area contributed by atoms with E-state index in [0.717, 1.165) is 17.5 Å². The highest BCUT2D eigenvalue weighted by Gasteiger charge is 2.21. The van der Waals surface area contributed by atoms with Crippen LogP contribution in [0.3, 0.4) is 0 Å². The van der Waals surface area contributed by atoms with E-state index >= 15 is 0 Å². The lowest BCUT2D eigenvalue weighted by molar-refractivity contribution is 0.302. The van der Waals surface area contributed by atoms with Crippen LogP contribution in [0, 0.1) is 11.3 Å². The predicted molar refractivity (Wildman–Crippen MR) is 71.2 cm³/mol. The molecule has 0 amide bonds. The minimum Gasteiger partial charge on any atom is -0.274 e. The van der Waals surface area contributed by atoms with Crippen LogP contribution >= 0.6 is 11.3 Å². The molecule has 0 aromatic carbocycles. The van der Waals surface area contributed by atoms with Crippen molar-refractivity contribution in [2.45, 2.75) is 64.8 Å². The molecule has 4 heteroatoms. The molecule has 17 heavy (non-hydrogen) atoms. The SMILES string of the molecule is CC(C)(C)c1nn(CC2CCCCC2)c(=N)s1. The lowest BCUT2D eigenvalue weighted by Gasteiger charge is -2.21. The monoisotopic (exact) mass is 253 g/mol. The maximum Gasteiger partial charge on any atom is 0.200 e. The van der Waals surface area contributed by atoms with Gasteiger partial charge >= 0.3 is 0 Å². The van der Waals surface area contributed by atoms with E-state index in [-0.39, 0.29) is 5.41 Å². The van der Waals surface area contributed by atoms with E-state index in [1.54, 1.807) is 0 Å². The first-order valence-corrected chi connectivity index (χ1v) is 7.41. The predicted octanol–water partition coefficient (Wildman–Crippen LogP) is 3.30. The molecule has 0 saturated heterocycles. The summed E-state index contributed by atoms with van der Waals surface area (Å²) >= 11 is 1.53. The van der Waals surface area contributed by atoms with Crippen LogP contribution in [0.15, 0.2) is 0 Å². The van der Waals surface area contributed by atoms with Crippen LogP contribution in [-0.2, 0) is 12.0 Å². The molecule has 1 N–H and O–H groups in total. The Kier molecular flexibility index (Phi) is 3.71. The van der Waals surface area contributed by atoms with Crippen LogP contribution in [0.2, 0.25) is 0 Å². The van der Waals surface area contributed by atoms with Crippen LogP contribution in [0.4, 0.5) is 0 Å². The fourth-order valence-corrected chi connectivity index (χ4v) is 3.21. The second-order valence-electron chi connectivity index (χ2n) is 6.15. The average Bonchev–Trinajstić information content (AvgIpc) is 2.62. The maximum absolute atomic E-state index is 8.01. The first-order valence-electron chi connectivity index (χ1n) is 6.60. The zero-order valence-corrected chi connectivity index (χ0v) is 11.9. The molecule has 1 aliphatic rings. The molecular weight excluding hydrogens is 230 g/mol. The summed E-state index contributed by atoms with van der Waals surface area (Å²) in [6, 6.07) is 0. The van der Waals surface area contributed by atoms with Crippen LogP contribution in [0.1, 0.15) is 57.9 Å². The molecule has 3 nitrogen and oxygen atoms in total. The van der Waals surface area contributed by atoms with Crippen molar-refractivity contribution in [2.75, 3.05) is 0 Å². The smallest absolute Gasteiger partial charge is 0.200 e. The van der Waals surface area contributed by atoms with Crippen LogP contribution in [-0.4, -0.2) is 9.78 Å². The van der Waals surface area contributed by atoms with Crippen molar-refractivity contribution in [3.05, 3.63) is 9.81 Å². The Morgan fingerprint density at radius 3 is 2.47 bits per heavy atom. The summed E-state index contributed by atoms with van der Waals surface area (Å²) in [6.45, 7) is 7.44. The quantitative estimate of drug-likeness (QED) is 0.863. The number of nitrogens with zero attached hydrogens (tertiary/aromatic N) is 2. The van der Waals surface area contributed by atoms with E-state index in [2.05, 4.69) is 25.9 Å². The van der Waals surface area contributed by atoms with Gasteiger partial charge in [0.15, 0.2) is 4.80 Å². The number of aromatic nitrogens is 2. The molecule has 0 bridgehead atoms. The van der Waals surface area contributed by atoms with Crippen LogP contribution in [0.5, 0.6) is 0 Å². The second-order valence-corrected chi connectivity index (χ2v) is 7.13. The van der Waals surface area contributed by atoms with Crippen molar-refractivity contribution in [1.29, 1.82) is 5.41 Å². The average molecular weight is 253 g/mol. The second kappa shape index (κ2) is 4.92. The fourth-order valence-electron chi connectivity index (χ4n) is 2.36. The fraction of sp³-hybridized carbons (Fsp3) is 0.846. The first-order chi connectivity index (χ1) is 7.97. The number of nitrogens with one attached hydrogen (secondary N) is 1. The molecule has 0 radical (unpaired) electrons. The molecule has 0 unspecified atom stereocenters. The molecule has 1 aromatic rings. The van der Waals surface area contributed by atoms with Crippen molar-refractivity contribution in [3.63, 3.8) is 0 Å². The Balaban J connectivity index is 2.10. The Morgan fingerprint density at radius 2 is 1.94 bits per heavy atom. The number of hydrogen-bond donors (Lipinski definition) is 1. The van der Waals surface area contributed by atoms with Crippen molar-refractivity contribution in [3.8, 4) is 0 Å². The van der Waals surface area contributed by atoms with Gasteiger partial charge in [-0.3, -0.25) is 5.41 Å². The molecule has 1 saturated carbocycles. The maximum atomic E-state index is 8.01. The van der Waals surface area contributed by atoms with Gasteiger partial charge in [0, 0.05) is 12.0 Å². The minimum absolute atomic E-state index is 0.0677. The standard InChI is InChI=1S/C13H23N3S/c1-13(2,3)11-15-16(12(14)17-11)9-10-7-5-4-6-8-10/h10,14H,4-9H2,1-3H3. The molecule has 0 atom stereocenters. The summed E-state index contributed by atoms with van der Waals surface area (Å²) in [4.78, 5) is 0.612.